The van der Waals surface area contributed by atoms with E-state index in [9.17, 15) is 10.1 Å². The molecule has 5 nitrogen and oxygen atoms in total. The zero-order chi connectivity index (χ0) is 13.2. The van der Waals surface area contributed by atoms with Gasteiger partial charge in [-0.15, -0.1) is 0 Å². The van der Waals surface area contributed by atoms with Gasteiger partial charge in [0.2, 0.25) is 0 Å². The van der Waals surface area contributed by atoms with Crippen molar-refractivity contribution in [2.75, 3.05) is 29.9 Å². The fourth-order valence-corrected chi connectivity index (χ4v) is 3.16. The Hall–Kier alpha value is -1.78. The fraction of sp³-hybridized carbons (Fsp3) is 0.571. The van der Waals surface area contributed by atoms with E-state index in [-0.39, 0.29) is 10.6 Å². The van der Waals surface area contributed by atoms with Crippen molar-refractivity contribution in [3.8, 4) is 0 Å². The minimum atomic E-state index is -0.237. The normalized spacial score (nSPS) is 18.6. The number of fused-ring (bicyclic) bond motifs is 1. The molecule has 1 fully saturated rings. The summed E-state index contributed by atoms with van der Waals surface area (Å²) in [5, 5.41) is 14.6. The quantitative estimate of drug-likeness (QED) is 0.657. The van der Waals surface area contributed by atoms with Gasteiger partial charge in [-0.1, -0.05) is 12.8 Å². The molecule has 3 rings (SSSR count). The van der Waals surface area contributed by atoms with Crippen LogP contribution in [0.4, 0.5) is 17.1 Å². The number of rotatable bonds is 2. The van der Waals surface area contributed by atoms with Crippen LogP contribution in [-0.4, -0.2) is 24.6 Å². The lowest BCUT2D eigenvalue weighted by molar-refractivity contribution is -0.384. The van der Waals surface area contributed by atoms with Crippen LogP contribution in [0.25, 0.3) is 0 Å². The van der Waals surface area contributed by atoms with E-state index in [4.69, 9.17) is 0 Å². The smallest absolute Gasteiger partial charge is 0.292 e. The van der Waals surface area contributed by atoms with E-state index in [1.54, 1.807) is 6.07 Å². The number of anilines is 2. The third-order valence-electron chi connectivity index (χ3n) is 4.07. The largest absolute Gasteiger partial charge is 0.384 e. The van der Waals surface area contributed by atoms with E-state index in [1.807, 2.05) is 6.07 Å². The number of nitro benzene ring substituents is 1. The summed E-state index contributed by atoms with van der Waals surface area (Å²) in [6, 6.07) is 3.50. The third kappa shape index (κ3) is 2.25. The van der Waals surface area contributed by atoms with Crippen molar-refractivity contribution in [3.05, 3.63) is 27.8 Å². The number of hydrogen-bond donors (Lipinski definition) is 1. The summed E-state index contributed by atoms with van der Waals surface area (Å²) in [5.41, 5.74) is 3.35. The highest BCUT2D eigenvalue weighted by Gasteiger charge is 2.27. The van der Waals surface area contributed by atoms with Crippen LogP contribution in [-0.2, 0) is 6.42 Å². The van der Waals surface area contributed by atoms with Crippen molar-refractivity contribution in [1.29, 1.82) is 0 Å². The molecular weight excluding hydrogens is 242 g/mol. The first-order valence-electron chi connectivity index (χ1n) is 7.06. The molecule has 1 N–H and O–H groups in total. The van der Waals surface area contributed by atoms with Crippen LogP contribution in [0.1, 0.15) is 31.2 Å². The van der Waals surface area contributed by atoms with Crippen LogP contribution in [0.5, 0.6) is 0 Å². The van der Waals surface area contributed by atoms with Crippen molar-refractivity contribution in [2.24, 2.45) is 0 Å². The summed E-state index contributed by atoms with van der Waals surface area (Å²) in [6.45, 7) is 2.77. The summed E-state index contributed by atoms with van der Waals surface area (Å²) in [5.74, 6) is 0. The molecule has 1 saturated heterocycles. The number of nitro groups is 1. The first-order chi connectivity index (χ1) is 9.27. The van der Waals surface area contributed by atoms with Gasteiger partial charge in [0.15, 0.2) is 0 Å². The second kappa shape index (κ2) is 5.07. The lowest BCUT2D eigenvalue weighted by Crippen LogP contribution is -2.25. The first kappa shape index (κ1) is 12.3. The summed E-state index contributed by atoms with van der Waals surface area (Å²) in [4.78, 5) is 13.3. The Kier molecular flexibility index (Phi) is 3.27. The molecule has 0 aromatic heterocycles. The Morgan fingerprint density at radius 1 is 1.16 bits per heavy atom. The molecule has 0 amide bonds. The minimum absolute atomic E-state index is 0.237. The third-order valence-corrected chi connectivity index (χ3v) is 4.07. The Labute approximate surface area is 112 Å². The van der Waals surface area contributed by atoms with Gasteiger partial charge in [-0.25, -0.2) is 0 Å². The molecule has 0 radical (unpaired) electrons. The summed E-state index contributed by atoms with van der Waals surface area (Å²) in [7, 11) is 0. The monoisotopic (exact) mass is 261 g/mol. The number of nitrogens with zero attached hydrogens (tertiary/aromatic N) is 2. The van der Waals surface area contributed by atoms with Gasteiger partial charge in [-0.05, 0) is 25.3 Å². The van der Waals surface area contributed by atoms with Crippen LogP contribution >= 0.6 is 0 Å². The van der Waals surface area contributed by atoms with Crippen molar-refractivity contribution < 1.29 is 4.92 Å². The maximum Gasteiger partial charge on any atom is 0.292 e. The highest BCUT2D eigenvalue weighted by molar-refractivity contribution is 5.78. The molecule has 102 valence electrons. The Morgan fingerprint density at radius 2 is 1.89 bits per heavy atom. The predicted octanol–water partition coefficient (Wildman–Crippen LogP) is 2.94. The molecule has 1 aromatic carbocycles. The second-order valence-electron chi connectivity index (χ2n) is 5.29. The molecule has 2 aliphatic heterocycles. The number of hydrogen-bond acceptors (Lipinski definition) is 4. The van der Waals surface area contributed by atoms with Gasteiger partial charge in [-0.3, -0.25) is 10.1 Å². The molecule has 0 bridgehead atoms. The SMILES string of the molecule is O=[N+]([O-])c1ccc2c(c1N1CCCCCC1)CCN2. The van der Waals surface area contributed by atoms with E-state index >= 15 is 0 Å². The Balaban J connectivity index is 2.06. The van der Waals surface area contributed by atoms with Crippen molar-refractivity contribution in [1.82, 2.24) is 0 Å². The number of benzene rings is 1. The molecule has 0 atom stereocenters. The van der Waals surface area contributed by atoms with Crippen molar-refractivity contribution in [3.63, 3.8) is 0 Å². The Morgan fingerprint density at radius 3 is 2.58 bits per heavy atom. The van der Waals surface area contributed by atoms with Gasteiger partial charge in [0.25, 0.3) is 5.69 Å². The lowest BCUT2D eigenvalue weighted by Gasteiger charge is -2.24. The van der Waals surface area contributed by atoms with Gasteiger partial charge in [0.1, 0.15) is 5.69 Å². The molecule has 2 heterocycles. The summed E-state index contributed by atoms with van der Waals surface area (Å²) >= 11 is 0. The second-order valence-corrected chi connectivity index (χ2v) is 5.29. The van der Waals surface area contributed by atoms with Gasteiger partial charge in [0, 0.05) is 37.0 Å². The van der Waals surface area contributed by atoms with Crippen LogP contribution in [0.3, 0.4) is 0 Å². The molecule has 0 saturated carbocycles. The predicted molar refractivity (Wildman–Crippen MR) is 76.0 cm³/mol. The van der Waals surface area contributed by atoms with Gasteiger partial charge < -0.3 is 10.2 Å². The summed E-state index contributed by atoms with van der Waals surface area (Å²) < 4.78 is 0. The molecular formula is C14H19N3O2. The summed E-state index contributed by atoms with van der Waals surface area (Å²) in [6.07, 6.45) is 5.63. The highest BCUT2D eigenvalue weighted by atomic mass is 16.6. The maximum atomic E-state index is 11.3. The molecule has 2 aliphatic rings. The van der Waals surface area contributed by atoms with E-state index in [0.29, 0.717) is 0 Å². The highest BCUT2D eigenvalue weighted by Crippen LogP contribution is 2.40. The molecule has 19 heavy (non-hydrogen) atoms. The van der Waals surface area contributed by atoms with E-state index in [0.717, 1.165) is 55.8 Å². The average Bonchev–Trinajstić information content (AvgIpc) is 2.71. The minimum Gasteiger partial charge on any atom is -0.384 e. The van der Waals surface area contributed by atoms with Gasteiger partial charge in [-0.2, -0.15) is 0 Å². The van der Waals surface area contributed by atoms with Gasteiger partial charge >= 0.3 is 0 Å². The van der Waals surface area contributed by atoms with Crippen molar-refractivity contribution in [2.45, 2.75) is 32.1 Å². The average molecular weight is 261 g/mol. The van der Waals surface area contributed by atoms with Gasteiger partial charge in [0.05, 0.1) is 4.92 Å². The van der Waals surface area contributed by atoms with Crippen LogP contribution < -0.4 is 10.2 Å². The zero-order valence-corrected chi connectivity index (χ0v) is 11.0. The molecule has 5 heteroatoms. The van der Waals surface area contributed by atoms with Crippen LogP contribution in [0.15, 0.2) is 12.1 Å². The van der Waals surface area contributed by atoms with E-state index in [1.165, 1.54) is 12.8 Å². The molecule has 0 aliphatic carbocycles. The number of nitrogens with one attached hydrogen (secondary N) is 1. The topological polar surface area (TPSA) is 58.4 Å². The lowest BCUT2D eigenvalue weighted by atomic mass is 10.1. The maximum absolute atomic E-state index is 11.3. The first-order valence-corrected chi connectivity index (χ1v) is 7.06. The van der Waals surface area contributed by atoms with Crippen molar-refractivity contribution >= 4 is 17.1 Å². The molecule has 0 spiro atoms. The van der Waals surface area contributed by atoms with E-state index < -0.39 is 0 Å². The standard InChI is InChI=1S/C14H19N3O2/c18-17(19)13-6-5-12-11(7-8-15-12)14(13)16-9-3-1-2-4-10-16/h5-6,15H,1-4,7-10H2. The van der Waals surface area contributed by atoms with Crippen LogP contribution in [0, 0.1) is 10.1 Å². The van der Waals surface area contributed by atoms with E-state index in [2.05, 4.69) is 10.2 Å². The fourth-order valence-electron chi connectivity index (χ4n) is 3.16. The van der Waals surface area contributed by atoms with Crippen LogP contribution in [0.2, 0.25) is 0 Å². The zero-order valence-electron chi connectivity index (χ0n) is 11.0. The Bertz CT molecular complexity index is 494. The molecule has 1 aromatic rings. The molecule has 0 unspecified atom stereocenters.